The summed E-state index contributed by atoms with van der Waals surface area (Å²) >= 11 is 0. The summed E-state index contributed by atoms with van der Waals surface area (Å²) in [7, 11) is 0. The lowest BCUT2D eigenvalue weighted by molar-refractivity contribution is 0.160. The smallest absolute Gasteiger partial charge is 0.0975 e. The van der Waals surface area contributed by atoms with Crippen molar-refractivity contribution in [1.82, 2.24) is 9.97 Å². The Balaban J connectivity index is 1.89. The minimum absolute atomic E-state index is 0.458. The first-order valence-electron chi connectivity index (χ1n) is 6.40. The molecule has 0 aliphatic carbocycles. The van der Waals surface area contributed by atoms with Gasteiger partial charge in [-0.1, -0.05) is 18.2 Å². The van der Waals surface area contributed by atoms with Crippen molar-refractivity contribution in [3.05, 3.63) is 53.1 Å². The van der Waals surface area contributed by atoms with E-state index in [-0.39, 0.29) is 0 Å². The van der Waals surface area contributed by atoms with Gasteiger partial charge in [-0.15, -0.1) is 0 Å². The highest BCUT2D eigenvalue weighted by Gasteiger charge is 2.10. The fraction of sp³-hybridized carbons (Fsp3) is 0.400. The molecule has 1 aromatic carbocycles. The number of aliphatic hydroxyl groups is 1. The van der Waals surface area contributed by atoms with Gasteiger partial charge in [0.05, 0.1) is 18.1 Å². The Kier molecular flexibility index (Phi) is 4.15. The lowest BCUT2D eigenvalue weighted by Gasteiger charge is -2.11. The number of hydrogen-bond donors (Lipinski definition) is 2. The van der Waals surface area contributed by atoms with Gasteiger partial charge < -0.3 is 10.1 Å². The van der Waals surface area contributed by atoms with Crippen LogP contribution in [-0.2, 0) is 6.42 Å². The van der Waals surface area contributed by atoms with Gasteiger partial charge in [-0.25, -0.2) is 4.98 Å². The molecule has 0 aliphatic heterocycles. The Morgan fingerprint density at radius 2 is 2.00 bits per heavy atom. The molecule has 2 aromatic rings. The number of aliphatic hydroxyl groups excluding tert-OH is 1. The number of H-pyrrole nitrogens is 1. The first-order valence-corrected chi connectivity index (χ1v) is 6.40. The van der Waals surface area contributed by atoms with Crippen molar-refractivity contribution >= 4 is 0 Å². The van der Waals surface area contributed by atoms with Crippen LogP contribution in [0.1, 0.15) is 41.3 Å². The first-order chi connectivity index (χ1) is 8.68. The van der Waals surface area contributed by atoms with Gasteiger partial charge in [0.25, 0.3) is 0 Å². The van der Waals surface area contributed by atoms with Crippen LogP contribution < -0.4 is 0 Å². The van der Waals surface area contributed by atoms with E-state index in [4.69, 9.17) is 0 Å². The Hall–Kier alpha value is -1.61. The minimum atomic E-state index is -0.458. The summed E-state index contributed by atoms with van der Waals surface area (Å²) in [5, 5.41) is 9.94. The van der Waals surface area contributed by atoms with E-state index in [9.17, 15) is 5.11 Å². The van der Waals surface area contributed by atoms with Crippen LogP contribution in [0.15, 0.2) is 30.7 Å². The molecular weight excluding hydrogens is 224 g/mol. The van der Waals surface area contributed by atoms with E-state index >= 15 is 0 Å². The van der Waals surface area contributed by atoms with E-state index in [2.05, 4.69) is 42.0 Å². The van der Waals surface area contributed by atoms with E-state index in [0.29, 0.717) is 0 Å². The average Bonchev–Trinajstić information content (AvgIpc) is 2.86. The molecule has 0 spiro atoms. The maximum Gasteiger partial charge on any atom is 0.0975 e. The van der Waals surface area contributed by atoms with Crippen LogP contribution in [0.2, 0.25) is 0 Å². The van der Waals surface area contributed by atoms with Gasteiger partial charge in [0.2, 0.25) is 0 Å². The van der Waals surface area contributed by atoms with Crippen molar-refractivity contribution < 1.29 is 5.11 Å². The zero-order valence-electron chi connectivity index (χ0n) is 11.0. The third-order valence-electron chi connectivity index (χ3n) is 3.41. The lowest BCUT2D eigenvalue weighted by Crippen LogP contribution is -2.00. The van der Waals surface area contributed by atoms with E-state index in [0.717, 1.165) is 25.0 Å². The highest BCUT2D eigenvalue weighted by atomic mass is 16.3. The molecule has 0 aliphatic rings. The number of benzene rings is 1. The van der Waals surface area contributed by atoms with E-state index in [1.165, 1.54) is 16.7 Å². The molecule has 96 valence electrons. The Morgan fingerprint density at radius 1 is 1.28 bits per heavy atom. The molecule has 3 nitrogen and oxygen atoms in total. The molecule has 3 heteroatoms. The normalized spacial score (nSPS) is 12.6. The van der Waals surface area contributed by atoms with Gasteiger partial charge in [0, 0.05) is 6.20 Å². The molecule has 1 heterocycles. The molecule has 0 saturated heterocycles. The molecule has 0 radical (unpaired) electrons. The van der Waals surface area contributed by atoms with Gasteiger partial charge in [0.1, 0.15) is 0 Å². The molecular formula is C15H20N2O. The largest absolute Gasteiger partial charge is 0.387 e. The number of aryl methyl sites for hydroxylation is 2. The number of imidazole rings is 1. The Morgan fingerprint density at radius 3 is 2.61 bits per heavy atom. The first kappa shape index (κ1) is 12.8. The number of rotatable bonds is 5. The molecule has 1 aromatic heterocycles. The Labute approximate surface area is 108 Å². The van der Waals surface area contributed by atoms with Crippen LogP contribution in [0.3, 0.4) is 0 Å². The molecule has 2 rings (SSSR count). The molecule has 1 atom stereocenters. The summed E-state index contributed by atoms with van der Waals surface area (Å²) in [4.78, 5) is 6.94. The minimum Gasteiger partial charge on any atom is -0.387 e. The van der Waals surface area contributed by atoms with Crippen LogP contribution in [-0.4, -0.2) is 15.1 Å². The van der Waals surface area contributed by atoms with Crippen molar-refractivity contribution in [3.8, 4) is 0 Å². The second-order valence-electron chi connectivity index (χ2n) is 4.77. The molecule has 18 heavy (non-hydrogen) atoms. The molecule has 1 unspecified atom stereocenters. The van der Waals surface area contributed by atoms with Crippen LogP contribution >= 0.6 is 0 Å². The van der Waals surface area contributed by atoms with E-state index in [1.807, 2.05) is 0 Å². The monoisotopic (exact) mass is 244 g/mol. The van der Waals surface area contributed by atoms with Crippen molar-refractivity contribution in [2.24, 2.45) is 0 Å². The maximum atomic E-state index is 9.94. The van der Waals surface area contributed by atoms with Gasteiger partial charge in [-0.2, -0.15) is 0 Å². The maximum absolute atomic E-state index is 9.94. The zero-order chi connectivity index (χ0) is 13.0. The van der Waals surface area contributed by atoms with Crippen LogP contribution in [0.5, 0.6) is 0 Å². The number of hydrogen-bond acceptors (Lipinski definition) is 2. The third-order valence-corrected chi connectivity index (χ3v) is 3.41. The topological polar surface area (TPSA) is 48.9 Å². The summed E-state index contributed by atoms with van der Waals surface area (Å²) < 4.78 is 0. The average molecular weight is 244 g/mol. The summed E-state index contributed by atoms with van der Waals surface area (Å²) in [5.41, 5.74) is 4.82. The third kappa shape index (κ3) is 2.99. The van der Waals surface area contributed by atoms with E-state index < -0.39 is 6.10 Å². The van der Waals surface area contributed by atoms with Gasteiger partial charge in [-0.05, 0) is 49.8 Å². The fourth-order valence-corrected chi connectivity index (χ4v) is 2.32. The quantitative estimate of drug-likeness (QED) is 0.849. The number of nitrogens with one attached hydrogen (secondary N) is 1. The molecule has 0 amide bonds. The van der Waals surface area contributed by atoms with Crippen molar-refractivity contribution in [3.63, 3.8) is 0 Å². The lowest BCUT2D eigenvalue weighted by atomic mass is 9.97. The highest BCUT2D eigenvalue weighted by Crippen LogP contribution is 2.20. The van der Waals surface area contributed by atoms with Crippen LogP contribution in [0, 0.1) is 13.8 Å². The second-order valence-corrected chi connectivity index (χ2v) is 4.77. The van der Waals surface area contributed by atoms with Crippen molar-refractivity contribution in [2.75, 3.05) is 0 Å². The van der Waals surface area contributed by atoms with Gasteiger partial charge in [-0.3, -0.25) is 0 Å². The molecule has 0 fully saturated rings. The summed E-state index contributed by atoms with van der Waals surface area (Å²) in [6.07, 6.45) is 5.63. The predicted octanol–water partition coefficient (Wildman–Crippen LogP) is 3.08. The second kappa shape index (κ2) is 5.83. The molecule has 0 bridgehead atoms. The molecule has 0 saturated carbocycles. The number of aromatic nitrogens is 2. The van der Waals surface area contributed by atoms with Gasteiger partial charge >= 0.3 is 0 Å². The standard InChI is InChI=1S/C15H20N2O/c1-11-5-3-6-12(2)13(11)7-4-8-15(18)14-9-16-10-17-14/h3,5-6,9-10,15,18H,4,7-8H2,1-2H3,(H,16,17). The van der Waals surface area contributed by atoms with E-state index in [1.54, 1.807) is 12.5 Å². The summed E-state index contributed by atoms with van der Waals surface area (Å²) in [6.45, 7) is 4.29. The fourth-order valence-electron chi connectivity index (χ4n) is 2.32. The van der Waals surface area contributed by atoms with Crippen molar-refractivity contribution in [2.45, 2.75) is 39.2 Å². The SMILES string of the molecule is Cc1cccc(C)c1CCCC(O)c1c[nH]cn1. The van der Waals surface area contributed by atoms with Crippen molar-refractivity contribution in [1.29, 1.82) is 0 Å². The zero-order valence-corrected chi connectivity index (χ0v) is 11.0. The molecule has 2 N–H and O–H groups in total. The van der Waals surface area contributed by atoms with Crippen LogP contribution in [0.25, 0.3) is 0 Å². The van der Waals surface area contributed by atoms with Crippen LogP contribution in [0.4, 0.5) is 0 Å². The highest BCUT2D eigenvalue weighted by molar-refractivity contribution is 5.33. The summed E-state index contributed by atoms with van der Waals surface area (Å²) in [5.74, 6) is 0. The Bertz CT molecular complexity index is 471. The number of nitrogens with zero attached hydrogens (tertiary/aromatic N) is 1. The summed E-state index contributed by atoms with van der Waals surface area (Å²) in [6, 6.07) is 6.38. The number of aromatic amines is 1. The predicted molar refractivity (Wildman–Crippen MR) is 72.4 cm³/mol. The van der Waals surface area contributed by atoms with Gasteiger partial charge in [0.15, 0.2) is 0 Å².